The van der Waals surface area contributed by atoms with Crippen molar-refractivity contribution in [3.05, 3.63) is 82.4 Å². The van der Waals surface area contributed by atoms with Crippen LogP contribution in [0.25, 0.3) is 0 Å². The van der Waals surface area contributed by atoms with Crippen LogP contribution in [0.2, 0.25) is 5.02 Å². The van der Waals surface area contributed by atoms with Crippen LogP contribution in [0.1, 0.15) is 16.7 Å². The number of ether oxygens (including phenoxy) is 2. The van der Waals surface area contributed by atoms with Gasteiger partial charge in [0.1, 0.15) is 6.54 Å². The highest BCUT2D eigenvalue weighted by atomic mass is 35.5. The van der Waals surface area contributed by atoms with Crippen molar-refractivity contribution in [3.8, 4) is 11.5 Å². The summed E-state index contributed by atoms with van der Waals surface area (Å²) in [5.41, 5.74) is 8.24. The van der Waals surface area contributed by atoms with E-state index in [-0.39, 0.29) is 10.6 Å². The predicted molar refractivity (Wildman–Crippen MR) is 129 cm³/mol. The van der Waals surface area contributed by atoms with E-state index in [1.54, 1.807) is 18.2 Å². The smallest absolute Gasteiger partial charge is 0.264 e. The van der Waals surface area contributed by atoms with Gasteiger partial charge in [-0.3, -0.25) is 9.10 Å². The Morgan fingerprint density at radius 2 is 1.67 bits per heavy atom. The van der Waals surface area contributed by atoms with Gasteiger partial charge in [0.05, 0.1) is 24.8 Å². The zero-order valence-corrected chi connectivity index (χ0v) is 20.1. The van der Waals surface area contributed by atoms with E-state index in [1.807, 2.05) is 31.2 Å². The monoisotopic (exact) mass is 488 g/mol. The molecule has 0 aliphatic carbocycles. The van der Waals surface area contributed by atoms with Crippen molar-refractivity contribution < 1.29 is 22.7 Å². The maximum absolute atomic E-state index is 13.7. The lowest BCUT2D eigenvalue weighted by Crippen LogP contribution is -2.39. The van der Waals surface area contributed by atoms with E-state index in [4.69, 9.17) is 26.8 Å². The molecule has 0 bridgehead atoms. The number of primary amides is 1. The van der Waals surface area contributed by atoms with Gasteiger partial charge in [-0.2, -0.15) is 0 Å². The maximum Gasteiger partial charge on any atom is 0.264 e. The number of anilines is 1. The van der Waals surface area contributed by atoms with Gasteiger partial charge in [0, 0.05) is 17.5 Å². The fourth-order valence-corrected chi connectivity index (χ4v) is 5.18. The molecule has 3 aromatic carbocycles. The second-order valence-electron chi connectivity index (χ2n) is 7.40. The molecule has 3 aromatic rings. The van der Waals surface area contributed by atoms with Crippen LogP contribution >= 0.6 is 11.6 Å². The quantitative estimate of drug-likeness (QED) is 0.492. The molecule has 2 N–H and O–H groups in total. The summed E-state index contributed by atoms with van der Waals surface area (Å²) >= 11 is 6.35. The third-order valence-electron chi connectivity index (χ3n) is 5.08. The normalized spacial score (nSPS) is 11.2. The van der Waals surface area contributed by atoms with Crippen LogP contribution < -0.4 is 19.5 Å². The van der Waals surface area contributed by atoms with Gasteiger partial charge in [-0.15, -0.1) is 0 Å². The molecule has 0 aromatic heterocycles. The number of sulfonamides is 1. The Balaban J connectivity index is 2.16. The van der Waals surface area contributed by atoms with Gasteiger partial charge < -0.3 is 15.2 Å². The van der Waals surface area contributed by atoms with Gasteiger partial charge >= 0.3 is 0 Å². The average Bonchev–Trinajstić information content (AvgIpc) is 2.78. The number of aryl methyl sites for hydroxylation is 1. The molecule has 0 radical (unpaired) electrons. The predicted octanol–water partition coefficient (Wildman–Crippen LogP) is 3.94. The van der Waals surface area contributed by atoms with E-state index < -0.39 is 22.5 Å². The van der Waals surface area contributed by atoms with Crippen LogP contribution in [-0.2, 0) is 21.2 Å². The number of amides is 1. The Hall–Kier alpha value is -3.23. The summed E-state index contributed by atoms with van der Waals surface area (Å²) in [5.74, 6) is -0.159. The van der Waals surface area contributed by atoms with E-state index in [0.29, 0.717) is 28.4 Å². The number of carbonyl (C=O) groups excluding carboxylic acids is 1. The molecule has 1 amide bonds. The largest absolute Gasteiger partial charge is 0.493 e. The van der Waals surface area contributed by atoms with E-state index in [9.17, 15) is 13.2 Å². The highest BCUT2D eigenvalue weighted by Crippen LogP contribution is 2.34. The molecule has 7 nitrogen and oxygen atoms in total. The summed E-state index contributed by atoms with van der Waals surface area (Å²) in [4.78, 5) is 11.9. The summed E-state index contributed by atoms with van der Waals surface area (Å²) in [6, 6.07) is 16.9. The van der Waals surface area contributed by atoms with Crippen molar-refractivity contribution in [1.29, 1.82) is 0 Å². The SMILES string of the molecule is COc1ccc(S(=O)(=O)N(CC(N)=O)c2ccc(C)cc2Cc2ccccc2Cl)cc1OC. The van der Waals surface area contributed by atoms with Crippen molar-refractivity contribution in [2.75, 3.05) is 25.1 Å². The Bertz CT molecular complexity index is 1280. The molecule has 3 rings (SSSR count). The minimum Gasteiger partial charge on any atom is -0.493 e. The van der Waals surface area contributed by atoms with Crippen molar-refractivity contribution in [2.24, 2.45) is 5.73 Å². The molecule has 9 heteroatoms. The third kappa shape index (κ3) is 5.40. The number of hydrogen-bond donors (Lipinski definition) is 1. The van der Waals surface area contributed by atoms with E-state index in [1.165, 1.54) is 32.4 Å². The molecule has 0 unspecified atom stereocenters. The summed E-state index contributed by atoms with van der Waals surface area (Å²) in [6.07, 6.45) is 0.368. The Morgan fingerprint density at radius 3 is 2.30 bits per heavy atom. The number of nitrogens with two attached hydrogens (primary N) is 1. The van der Waals surface area contributed by atoms with Crippen molar-refractivity contribution in [1.82, 2.24) is 0 Å². The van der Waals surface area contributed by atoms with Crippen LogP contribution in [0, 0.1) is 6.92 Å². The molecular formula is C24H25ClN2O5S. The van der Waals surface area contributed by atoms with E-state index in [0.717, 1.165) is 15.4 Å². The summed E-state index contributed by atoms with van der Waals surface area (Å²) in [5, 5.41) is 0.564. The number of carbonyl (C=O) groups is 1. The lowest BCUT2D eigenvalue weighted by molar-refractivity contribution is -0.116. The molecule has 0 aliphatic heterocycles. The standard InChI is InChI=1S/C24H25ClN2O5S/c1-16-8-10-21(18(12-16)13-17-6-4-5-7-20(17)25)27(15-24(26)28)33(29,30)19-9-11-22(31-2)23(14-19)32-3/h4-12,14H,13,15H2,1-3H3,(H2,26,28). The number of halogens is 1. The van der Waals surface area contributed by atoms with Crippen LogP contribution in [-0.4, -0.2) is 35.1 Å². The number of rotatable bonds is 9. The first-order valence-corrected chi connectivity index (χ1v) is 11.8. The molecule has 33 heavy (non-hydrogen) atoms. The van der Waals surface area contributed by atoms with Crippen molar-refractivity contribution in [3.63, 3.8) is 0 Å². The lowest BCUT2D eigenvalue weighted by Gasteiger charge is -2.26. The van der Waals surface area contributed by atoms with Crippen molar-refractivity contribution >= 4 is 33.2 Å². The highest BCUT2D eigenvalue weighted by molar-refractivity contribution is 7.92. The van der Waals surface area contributed by atoms with Gasteiger partial charge in [0.15, 0.2) is 11.5 Å². The van der Waals surface area contributed by atoms with E-state index in [2.05, 4.69) is 0 Å². The first-order valence-electron chi connectivity index (χ1n) is 10.0. The third-order valence-corrected chi connectivity index (χ3v) is 7.21. The highest BCUT2D eigenvalue weighted by Gasteiger charge is 2.29. The van der Waals surface area contributed by atoms with E-state index >= 15 is 0 Å². The average molecular weight is 489 g/mol. The maximum atomic E-state index is 13.7. The van der Waals surface area contributed by atoms with Gasteiger partial charge in [-0.1, -0.05) is 47.5 Å². The summed E-state index contributed by atoms with van der Waals surface area (Å²) in [6.45, 7) is 1.37. The van der Waals surface area contributed by atoms with Crippen LogP contribution in [0.3, 0.4) is 0 Å². The Labute approximate surface area is 198 Å². The Kier molecular flexibility index (Phi) is 7.50. The molecule has 0 saturated carbocycles. The molecule has 0 fully saturated rings. The molecular weight excluding hydrogens is 464 g/mol. The number of hydrogen-bond acceptors (Lipinski definition) is 5. The first kappa shape index (κ1) is 24.4. The molecule has 0 aliphatic rings. The molecule has 0 atom stereocenters. The van der Waals surface area contributed by atoms with Gasteiger partial charge in [-0.25, -0.2) is 8.42 Å². The van der Waals surface area contributed by atoms with Gasteiger partial charge in [0.2, 0.25) is 5.91 Å². The second kappa shape index (κ2) is 10.1. The summed E-state index contributed by atoms with van der Waals surface area (Å²) in [7, 11) is -1.31. The molecule has 0 saturated heterocycles. The first-order chi connectivity index (χ1) is 15.7. The minimum absolute atomic E-state index is 0.0642. The number of nitrogens with zero attached hydrogens (tertiary/aromatic N) is 1. The van der Waals surface area contributed by atoms with Gasteiger partial charge in [-0.05, 0) is 42.3 Å². The van der Waals surface area contributed by atoms with Crippen molar-refractivity contribution in [2.45, 2.75) is 18.2 Å². The van der Waals surface area contributed by atoms with Crippen LogP contribution in [0.15, 0.2) is 65.6 Å². The molecule has 0 spiro atoms. The summed E-state index contributed by atoms with van der Waals surface area (Å²) < 4.78 is 38.9. The number of methoxy groups -OCH3 is 2. The minimum atomic E-state index is -4.18. The van der Waals surface area contributed by atoms with Crippen LogP contribution in [0.4, 0.5) is 5.69 Å². The van der Waals surface area contributed by atoms with Gasteiger partial charge in [0.25, 0.3) is 10.0 Å². The van der Waals surface area contributed by atoms with Crippen LogP contribution in [0.5, 0.6) is 11.5 Å². The zero-order valence-electron chi connectivity index (χ0n) is 18.5. The topological polar surface area (TPSA) is 98.9 Å². The fraction of sp³-hybridized carbons (Fsp3) is 0.208. The zero-order chi connectivity index (χ0) is 24.2. The lowest BCUT2D eigenvalue weighted by atomic mass is 10.0. The molecule has 174 valence electrons. The fourth-order valence-electron chi connectivity index (χ4n) is 3.49. The number of benzene rings is 3. The second-order valence-corrected chi connectivity index (χ2v) is 9.66. The Morgan fingerprint density at radius 1 is 0.970 bits per heavy atom. The molecule has 0 heterocycles.